The molecule has 150 valence electrons. The number of hydrogen-bond donors (Lipinski definition) is 1. The topological polar surface area (TPSA) is 78.4 Å². The maximum atomic E-state index is 12.2. The van der Waals surface area contributed by atoms with Crippen molar-refractivity contribution in [3.8, 4) is 23.0 Å². The van der Waals surface area contributed by atoms with Gasteiger partial charge in [-0.1, -0.05) is 11.6 Å². The minimum Gasteiger partial charge on any atom is -0.493 e. The summed E-state index contributed by atoms with van der Waals surface area (Å²) in [6.45, 7) is 3.49. The van der Waals surface area contributed by atoms with Crippen LogP contribution in [0.25, 0.3) is 0 Å². The van der Waals surface area contributed by atoms with Crippen LogP contribution in [0.4, 0.5) is 0 Å². The number of hydrogen-bond acceptors (Lipinski definition) is 6. The Kier molecular flexibility index (Phi) is 7.52. The molecule has 1 atom stereocenters. The Balaban J connectivity index is 2.04. The van der Waals surface area contributed by atoms with Crippen molar-refractivity contribution in [3.05, 3.63) is 46.5 Å². The van der Waals surface area contributed by atoms with Crippen LogP contribution in [0.1, 0.15) is 18.1 Å². The lowest BCUT2D eigenvalue weighted by atomic mass is 10.2. The summed E-state index contributed by atoms with van der Waals surface area (Å²) >= 11 is 5.93. The van der Waals surface area contributed by atoms with E-state index in [-0.39, 0.29) is 0 Å². The van der Waals surface area contributed by atoms with E-state index in [9.17, 15) is 4.79 Å². The van der Waals surface area contributed by atoms with Gasteiger partial charge in [0.1, 0.15) is 5.75 Å². The molecular weight excluding hydrogens is 384 g/mol. The van der Waals surface area contributed by atoms with Crippen molar-refractivity contribution in [1.82, 2.24) is 5.43 Å². The van der Waals surface area contributed by atoms with Gasteiger partial charge in [0.25, 0.3) is 5.91 Å². The maximum Gasteiger partial charge on any atom is 0.280 e. The third kappa shape index (κ3) is 5.29. The zero-order valence-electron chi connectivity index (χ0n) is 16.4. The molecule has 0 aliphatic heterocycles. The Morgan fingerprint density at radius 1 is 1.07 bits per heavy atom. The van der Waals surface area contributed by atoms with Crippen LogP contribution in [-0.2, 0) is 4.79 Å². The molecule has 0 spiro atoms. The first-order valence-electron chi connectivity index (χ1n) is 8.45. The molecule has 7 nitrogen and oxygen atoms in total. The van der Waals surface area contributed by atoms with E-state index in [4.69, 9.17) is 30.5 Å². The van der Waals surface area contributed by atoms with Crippen LogP contribution in [-0.4, -0.2) is 39.6 Å². The molecule has 28 heavy (non-hydrogen) atoms. The van der Waals surface area contributed by atoms with Crippen LogP contribution < -0.4 is 24.4 Å². The van der Waals surface area contributed by atoms with Crippen LogP contribution in [0.2, 0.25) is 5.02 Å². The summed E-state index contributed by atoms with van der Waals surface area (Å²) in [6, 6.07) is 8.63. The Labute approximate surface area is 169 Å². The standard InChI is InChI=1S/C20H23ClN2O5/c1-12-8-15(21)6-7-16(12)28-13(2)20(24)23-22-11-14-9-17(25-3)19(27-5)18(10-14)26-4/h6-11,13H,1-5H3,(H,23,24)/b22-11+. The van der Waals surface area contributed by atoms with E-state index in [0.717, 1.165) is 5.56 Å². The van der Waals surface area contributed by atoms with E-state index in [2.05, 4.69) is 10.5 Å². The molecule has 2 aromatic carbocycles. The highest BCUT2D eigenvalue weighted by atomic mass is 35.5. The molecule has 0 saturated heterocycles. The summed E-state index contributed by atoms with van der Waals surface area (Å²) in [6.07, 6.45) is 0.736. The fraction of sp³-hybridized carbons (Fsp3) is 0.300. The van der Waals surface area contributed by atoms with Gasteiger partial charge in [0.2, 0.25) is 5.75 Å². The lowest BCUT2D eigenvalue weighted by Gasteiger charge is -2.15. The first-order valence-corrected chi connectivity index (χ1v) is 8.83. The lowest BCUT2D eigenvalue weighted by Crippen LogP contribution is -2.33. The Hall–Kier alpha value is -2.93. The largest absolute Gasteiger partial charge is 0.493 e. The fourth-order valence-corrected chi connectivity index (χ4v) is 2.65. The summed E-state index contributed by atoms with van der Waals surface area (Å²) in [5.41, 5.74) is 3.96. The molecule has 0 heterocycles. The SMILES string of the molecule is COc1cc(/C=N/NC(=O)C(C)Oc2ccc(Cl)cc2C)cc(OC)c1OC. The van der Waals surface area contributed by atoms with Gasteiger partial charge in [0.05, 0.1) is 27.5 Å². The number of ether oxygens (including phenoxy) is 4. The smallest absolute Gasteiger partial charge is 0.280 e. The minimum absolute atomic E-state index is 0.391. The number of nitrogens with zero attached hydrogens (tertiary/aromatic N) is 1. The van der Waals surface area contributed by atoms with Crippen molar-refractivity contribution in [2.75, 3.05) is 21.3 Å². The van der Waals surface area contributed by atoms with Gasteiger partial charge in [-0.3, -0.25) is 4.79 Å². The number of aryl methyl sites for hydroxylation is 1. The lowest BCUT2D eigenvalue weighted by molar-refractivity contribution is -0.127. The molecule has 0 aliphatic carbocycles. The van der Waals surface area contributed by atoms with Crippen LogP contribution in [0.15, 0.2) is 35.4 Å². The predicted molar refractivity (Wildman–Crippen MR) is 108 cm³/mol. The molecule has 0 radical (unpaired) electrons. The number of carbonyl (C=O) groups is 1. The van der Waals surface area contributed by atoms with E-state index in [1.54, 1.807) is 37.3 Å². The second-order valence-corrected chi connectivity index (χ2v) is 6.30. The monoisotopic (exact) mass is 406 g/mol. The molecule has 0 saturated carbocycles. The summed E-state index contributed by atoms with van der Waals surface area (Å²) in [7, 11) is 4.58. The van der Waals surface area contributed by atoms with Gasteiger partial charge in [-0.25, -0.2) is 5.43 Å². The highest BCUT2D eigenvalue weighted by Crippen LogP contribution is 2.37. The number of methoxy groups -OCH3 is 3. The Bertz CT molecular complexity index is 845. The van der Waals surface area contributed by atoms with E-state index in [0.29, 0.717) is 33.6 Å². The van der Waals surface area contributed by atoms with Crippen molar-refractivity contribution in [3.63, 3.8) is 0 Å². The number of rotatable bonds is 8. The number of halogens is 1. The molecule has 0 aliphatic rings. The average molecular weight is 407 g/mol. The first kappa shape index (κ1) is 21.4. The van der Waals surface area contributed by atoms with Crippen molar-refractivity contribution >= 4 is 23.7 Å². The molecule has 1 unspecified atom stereocenters. The predicted octanol–water partition coefficient (Wildman–Crippen LogP) is 3.59. The van der Waals surface area contributed by atoms with Crippen molar-refractivity contribution in [2.45, 2.75) is 20.0 Å². The fourth-order valence-electron chi connectivity index (χ4n) is 2.43. The van der Waals surface area contributed by atoms with Crippen molar-refractivity contribution < 1.29 is 23.7 Å². The quantitative estimate of drug-likeness (QED) is 0.535. The van der Waals surface area contributed by atoms with E-state index in [1.165, 1.54) is 27.5 Å². The van der Waals surface area contributed by atoms with Crippen LogP contribution >= 0.6 is 11.6 Å². The first-order chi connectivity index (χ1) is 13.4. The summed E-state index contributed by atoms with van der Waals surface area (Å²) in [5, 5.41) is 4.58. The number of hydrazone groups is 1. The zero-order chi connectivity index (χ0) is 20.7. The van der Waals surface area contributed by atoms with Crippen LogP contribution in [0.5, 0.6) is 23.0 Å². The highest BCUT2D eigenvalue weighted by Gasteiger charge is 2.16. The minimum atomic E-state index is -0.739. The molecule has 0 bridgehead atoms. The normalized spacial score (nSPS) is 11.8. The van der Waals surface area contributed by atoms with Gasteiger partial charge >= 0.3 is 0 Å². The molecule has 2 aromatic rings. The number of carbonyl (C=O) groups excluding carboxylic acids is 1. The van der Waals surface area contributed by atoms with Gasteiger partial charge in [0.15, 0.2) is 17.6 Å². The van der Waals surface area contributed by atoms with Gasteiger partial charge < -0.3 is 18.9 Å². The van der Waals surface area contributed by atoms with Gasteiger partial charge in [0, 0.05) is 10.6 Å². The van der Waals surface area contributed by atoms with Crippen LogP contribution in [0.3, 0.4) is 0 Å². The second-order valence-electron chi connectivity index (χ2n) is 5.86. The number of benzene rings is 2. The summed E-state index contributed by atoms with van der Waals surface area (Å²) in [4.78, 5) is 12.2. The molecule has 0 aromatic heterocycles. The third-order valence-corrected chi connectivity index (χ3v) is 4.12. The van der Waals surface area contributed by atoms with Gasteiger partial charge in [-0.05, 0) is 49.7 Å². The number of amides is 1. The molecule has 0 fully saturated rings. The van der Waals surface area contributed by atoms with E-state index < -0.39 is 12.0 Å². The molecule has 2 rings (SSSR count). The highest BCUT2D eigenvalue weighted by molar-refractivity contribution is 6.30. The van der Waals surface area contributed by atoms with Gasteiger partial charge in [-0.15, -0.1) is 0 Å². The zero-order valence-corrected chi connectivity index (χ0v) is 17.2. The maximum absolute atomic E-state index is 12.2. The molecule has 8 heteroatoms. The van der Waals surface area contributed by atoms with Crippen LogP contribution in [0, 0.1) is 6.92 Å². The second kappa shape index (κ2) is 9.85. The van der Waals surface area contributed by atoms with E-state index >= 15 is 0 Å². The third-order valence-electron chi connectivity index (χ3n) is 3.89. The van der Waals surface area contributed by atoms with Crippen molar-refractivity contribution in [2.24, 2.45) is 5.10 Å². The molecular formula is C20H23ClN2O5. The van der Waals surface area contributed by atoms with E-state index in [1.807, 2.05) is 6.92 Å². The molecule has 1 N–H and O–H groups in total. The average Bonchev–Trinajstić information content (AvgIpc) is 2.68. The van der Waals surface area contributed by atoms with Crippen molar-refractivity contribution in [1.29, 1.82) is 0 Å². The Morgan fingerprint density at radius 2 is 1.71 bits per heavy atom. The summed E-state index contributed by atoms with van der Waals surface area (Å²) < 4.78 is 21.5. The van der Waals surface area contributed by atoms with Gasteiger partial charge in [-0.2, -0.15) is 5.10 Å². The molecule has 1 amide bonds. The summed E-state index contributed by atoms with van der Waals surface area (Å²) in [5.74, 6) is 1.65. The Morgan fingerprint density at radius 3 is 2.25 bits per heavy atom. The number of nitrogens with one attached hydrogen (secondary N) is 1.